The van der Waals surface area contributed by atoms with Crippen LogP contribution >= 0.6 is 22.9 Å². The Balaban J connectivity index is 1.80. The summed E-state index contributed by atoms with van der Waals surface area (Å²) in [7, 11) is 0. The summed E-state index contributed by atoms with van der Waals surface area (Å²) in [5.74, 6) is -0.0838. The first-order chi connectivity index (χ1) is 10.2. The lowest BCUT2D eigenvalue weighted by atomic mass is 10.1. The minimum atomic E-state index is -0.453. The minimum absolute atomic E-state index is 0.0838. The zero-order valence-corrected chi connectivity index (χ0v) is 12.3. The van der Waals surface area contributed by atoms with Crippen molar-refractivity contribution >= 4 is 50.4 Å². The second-order valence-electron chi connectivity index (χ2n) is 4.78. The highest BCUT2D eigenvalue weighted by Gasteiger charge is 2.31. The number of carbonyl (C=O) groups excluding carboxylic acids is 1. The Morgan fingerprint density at radius 3 is 3.00 bits per heavy atom. The number of para-hydroxylation sites is 1. The molecule has 2 heterocycles. The predicted molar refractivity (Wildman–Crippen MR) is 86.1 cm³/mol. The number of rotatable bonds is 2. The molecule has 1 aromatic heterocycles. The fourth-order valence-corrected chi connectivity index (χ4v) is 3.43. The maximum atomic E-state index is 12.2. The van der Waals surface area contributed by atoms with E-state index in [2.05, 4.69) is 15.6 Å². The molecule has 1 aliphatic rings. The van der Waals surface area contributed by atoms with Crippen LogP contribution in [-0.4, -0.2) is 10.9 Å². The first-order valence-electron chi connectivity index (χ1n) is 6.42. The molecular weight excluding hydrogens is 306 g/mol. The Bertz CT molecular complexity index is 861. The number of halogens is 1. The molecule has 0 saturated carbocycles. The summed E-state index contributed by atoms with van der Waals surface area (Å²) >= 11 is 7.83. The SMILES string of the molecule is O=C1Nc2ccccc2C1Nc1c(Cl)ccc2scnc12. The Labute approximate surface area is 129 Å². The van der Waals surface area contributed by atoms with E-state index >= 15 is 0 Å². The van der Waals surface area contributed by atoms with Crippen LogP contribution < -0.4 is 10.6 Å². The predicted octanol–water partition coefficient (Wildman–Crippen LogP) is 4.06. The lowest BCUT2D eigenvalue weighted by Gasteiger charge is -2.14. The number of aromatic nitrogens is 1. The molecule has 21 heavy (non-hydrogen) atoms. The number of nitrogens with zero attached hydrogens (tertiary/aromatic N) is 1. The van der Waals surface area contributed by atoms with Crippen molar-refractivity contribution in [3.63, 3.8) is 0 Å². The number of amides is 1. The monoisotopic (exact) mass is 315 g/mol. The first kappa shape index (κ1) is 12.6. The second-order valence-corrected chi connectivity index (χ2v) is 6.07. The van der Waals surface area contributed by atoms with E-state index in [0.717, 1.165) is 21.5 Å². The Morgan fingerprint density at radius 2 is 2.10 bits per heavy atom. The third-order valence-electron chi connectivity index (χ3n) is 3.53. The number of carbonyl (C=O) groups is 1. The van der Waals surface area contributed by atoms with E-state index in [1.165, 1.54) is 0 Å². The summed E-state index contributed by atoms with van der Waals surface area (Å²) in [5.41, 5.74) is 5.03. The average molecular weight is 316 g/mol. The van der Waals surface area contributed by atoms with E-state index in [1.807, 2.05) is 36.4 Å². The zero-order chi connectivity index (χ0) is 14.4. The van der Waals surface area contributed by atoms with Gasteiger partial charge < -0.3 is 10.6 Å². The smallest absolute Gasteiger partial charge is 0.251 e. The van der Waals surface area contributed by atoms with Crippen molar-refractivity contribution in [1.82, 2.24) is 4.98 Å². The molecule has 4 rings (SSSR count). The number of fused-ring (bicyclic) bond motifs is 2. The van der Waals surface area contributed by atoms with Crippen molar-refractivity contribution in [1.29, 1.82) is 0 Å². The molecule has 0 fully saturated rings. The molecule has 1 unspecified atom stereocenters. The number of nitrogens with one attached hydrogen (secondary N) is 2. The molecule has 2 aromatic carbocycles. The van der Waals surface area contributed by atoms with Gasteiger partial charge in [0.05, 0.1) is 20.9 Å². The van der Waals surface area contributed by atoms with Crippen LogP contribution in [0.4, 0.5) is 11.4 Å². The summed E-state index contributed by atoms with van der Waals surface area (Å²) in [4.78, 5) is 16.5. The van der Waals surface area contributed by atoms with E-state index in [1.54, 1.807) is 16.8 Å². The quantitative estimate of drug-likeness (QED) is 0.750. The molecule has 0 bridgehead atoms. The molecule has 1 aliphatic heterocycles. The van der Waals surface area contributed by atoms with Crippen LogP contribution in [0, 0.1) is 0 Å². The van der Waals surface area contributed by atoms with Gasteiger partial charge in [0.2, 0.25) is 0 Å². The number of thiazole rings is 1. The van der Waals surface area contributed by atoms with Crippen LogP contribution in [0.2, 0.25) is 5.02 Å². The van der Waals surface area contributed by atoms with Crippen molar-refractivity contribution in [3.8, 4) is 0 Å². The van der Waals surface area contributed by atoms with Gasteiger partial charge in [-0.15, -0.1) is 11.3 Å². The molecule has 1 atom stereocenters. The molecule has 0 saturated heterocycles. The topological polar surface area (TPSA) is 54.0 Å². The van der Waals surface area contributed by atoms with Crippen molar-refractivity contribution in [2.45, 2.75) is 6.04 Å². The third kappa shape index (κ3) is 1.97. The molecular formula is C15H10ClN3OS. The van der Waals surface area contributed by atoms with E-state index < -0.39 is 6.04 Å². The summed E-state index contributed by atoms with van der Waals surface area (Å²) in [6.45, 7) is 0. The van der Waals surface area contributed by atoms with Crippen LogP contribution in [0.5, 0.6) is 0 Å². The van der Waals surface area contributed by atoms with Crippen molar-refractivity contribution in [3.05, 3.63) is 52.5 Å². The number of hydrogen-bond acceptors (Lipinski definition) is 4. The van der Waals surface area contributed by atoms with Crippen molar-refractivity contribution in [2.24, 2.45) is 0 Å². The van der Waals surface area contributed by atoms with Gasteiger partial charge in [0.1, 0.15) is 11.6 Å². The summed E-state index contributed by atoms with van der Waals surface area (Å²) < 4.78 is 1.04. The van der Waals surface area contributed by atoms with E-state index in [0.29, 0.717) is 10.7 Å². The van der Waals surface area contributed by atoms with Crippen LogP contribution in [-0.2, 0) is 4.79 Å². The van der Waals surface area contributed by atoms with Crippen molar-refractivity contribution in [2.75, 3.05) is 10.6 Å². The Hall–Kier alpha value is -2.11. The first-order valence-corrected chi connectivity index (χ1v) is 7.68. The third-order valence-corrected chi connectivity index (χ3v) is 4.64. The summed E-state index contributed by atoms with van der Waals surface area (Å²) in [5, 5.41) is 6.67. The second kappa shape index (κ2) is 4.72. The summed E-state index contributed by atoms with van der Waals surface area (Å²) in [6.07, 6.45) is 0. The molecule has 1 amide bonds. The number of hydrogen-bond donors (Lipinski definition) is 2. The van der Waals surface area contributed by atoms with Gasteiger partial charge in [-0.25, -0.2) is 4.98 Å². The minimum Gasteiger partial charge on any atom is -0.367 e. The Kier molecular flexibility index (Phi) is 2.83. The standard InChI is InChI=1S/C15H10ClN3OS/c16-9-5-6-11-14(17-7-21-11)13(9)19-12-8-3-1-2-4-10(8)18-15(12)20/h1-7,12,19H,(H,18,20). The van der Waals surface area contributed by atoms with Gasteiger partial charge in [0, 0.05) is 11.3 Å². The number of anilines is 2. The molecule has 104 valence electrons. The van der Waals surface area contributed by atoms with E-state index in [-0.39, 0.29) is 5.91 Å². The lowest BCUT2D eigenvalue weighted by Crippen LogP contribution is -2.20. The van der Waals surface area contributed by atoms with Gasteiger partial charge in [0.25, 0.3) is 5.91 Å². The average Bonchev–Trinajstić information content (AvgIpc) is 3.06. The molecule has 4 nitrogen and oxygen atoms in total. The molecule has 2 N–H and O–H groups in total. The highest BCUT2D eigenvalue weighted by Crippen LogP contribution is 2.38. The molecule has 0 radical (unpaired) electrons. The fraction of sp³-hybridized carbons (Fsp3) is 0.0667. The largest absolute Gasteiger partial charge is 0.367 e. The molecule has 0 aliphatic carbocycles. The van der Waals surface area contributed by atoms with E-state index in [4.69, 9.17) is 11.6 Å². The lowest BCUT2D eigenvalue weighted by molar-refractivity contribution is -0.116. The van der Waals surface area contributed by atoms with E-state index in [9.17, 15) is 4.79 Å². The highest BCUT2D eigenvalue weighted by molar-refractivity contribution is 7.16. The maximum absolute atomic E-state index is 12.2. The zero-order valence-electron chi connectivity index (χ0n) is 10.8. The van der Waals surface area contributed by atoms with Gasteiger partial charge in [-0.05, 0) is 18.2 Å². The van der Waals surface area contributed by atoms with Crippen LogP contribution in [0.1, 0.15) is 11.6 Å². The van der Waals surface area contributed by atoms with Gasteiger partial charge in [-0.3, -0.25) is 4.79 Å². The van der Waals surface area contributed by atoms with Gasteiger partial charge >= 0.3 is 0 Å². The van der Waals surface area contributed by atoms with Gasteiger partial charge in [-0.1, -0.05) is 29.8 Å². The van der Waals surface area contributed by atoms with Crippen molar-refractivity contribution < 1.29 is 4.79 Å². The normalized spacial score (nSPS) is 16.8. The van der Waals surface area contributed by atoms with Crippen LogP contribution in [0.3, 0.4) is 0 Å². The van der Waals surface area contributed by atoms with Gasteiger partial charge in [-0.2, -0.15) is 0 Å². The maximum Gasteiger partial charge on any atom is 0.251 e. The number of benzene rings is 2. The molecule has 3 aromatic rings. The van der Waals surface area contributed by atoms with Gasteiger partial charge in [0.15, 0.2) is 0 Å². The highest BCUT2D eigenvalue weighted by atomic mass is 35.5. The molecule has 0 spiro atoms. The van der Waals surface area contributed by atoms with Crippen LogP contribution in [0.25, 0.3) is 10.2 Å². The molecule has 6 heteroatoms. The van der Waals surface area contributed by atoms with Crippen LogP contribution in [0.15, 0.2) is 41.9 Å². The fourth-order valence-electron chi connectivity index (χ4n) is 2.54. The summed E-state index contributed by atoms with van der Waals surface area (Å²) in [6, 6.07) is 10.9. The Morgan fingerprint density at radius 1 is 1.24 bits per heavy atom.